The molecule has 1 N–H and O–H groups in total. The number of aryl methyl sites for hydroxylation is 1. The van der Waals surface area contributed by atoms with E-state index in [1.165, 1.54) is 11.3 Å². The number of benzene rings is 1. The van der Waals surface area contributed by atoms with Gasteiger partial charge in [0.1, 0.15) is 5.56 Å². The highest BCUT2D eigenvalue weighted by atomic mass is 35.5. The highest BCUT2D eigenvalue weighted by molar-refractivity contribution is 7.13. The number of rotatable bonds is 3. The minimum absolute atomic E-state index is 0.0758. The summed E-state index contributed by atoms with van der Waals surface area (Å²) in [6.07, 6.45) is 3.16. The van der Waals surface area contributed by atoms with Gasteiger partial charge in [-0.1, -0.05) is 11.6 Å². The molecule has 2 heterocycles. The Kier molecular flexibility index (Phi) is 3.96. The maximum absolute atomic E-state index is 12.6. The minimum atomic E-state index is -0.468. The molecular formula is C15H12ClN3O2S. The van der Waals surface area contributed by atoms with Crippen molar-refractivity contribution in [1.29, 1.82) is 0 Å². The second kappa shape index (κ2) is 5.90. The number of thiazole rings is 1. The molecule has 1 aromatic carbocycles. The van der Waals surface area contributed by atoms with Gasteiger partial charge >= 0.3 is 0 Å². The summed E-state index contributed by atoms with van der Waals surface area (Å²) in [6, 6.07) is 5.10. The molecule has 0 atom stereocenters. The lowest BCUT2D eigenvalue weighted by molar-refractivity contribution is 0.102. The molecular weight excluding hydrogens is 322 g/mol. The zero-order valence-corrected chi connectivity index (χ0v) is 13.2. The Morgan fingerprint density at radius 1 is 1.45 bits per heavy atom. The highest BCUT2D eigenvalue weighted by Crippen LogP contribution is 2.18. The molecule has 2 aromatic heterocycles. The number of pyridine rings is 1. The van der Waals surface area contributed by atoms with E-state index in [0.717, 1.165) is 5.52 Å². The fourth-order valence-electron chi connectivity index (χ4n) is 2.24. The molecule has 112 valence electrons. The average molecular weight is 334 g/mol. The Bertz CT molecular complexity index is 903. The predicted molar refractivity (Wildman–Crippen MR) is 89.0 cm³/mol. The summed E-state index contributed by atoms with van der Waals surface area (Å²) in [4.78, 5) is 28.9. The molecule has 3 aromatic rings. The Balaban J connectivity index is 2.15. The summed E-state index contributed by atoms with van der Waals surface area (Å²) in [7, 11) is 0. The van der Waals surface area contributed by atoms with Crippen LogP contribution in [-0.4, -0.2) is 15.5 Å². The van der Waals surface area contributed by atoms with Crippen LogP contribution < -0.4 is 10.7 Å². The zero-order chi connectivity index (χ0) is 15.7. The fraction of sp³-hybridized carbons (Fsp3) is 0.133. The van der Waals surface area contributed by atoms with E-state index in [0.29, 0.717) is 22.1 Å². The molecule has 5 nitrogen and oxygen atoms in total. The summed E-state index contributed by atoms with van der Waals surface area (Å²) in [5.41, 5.74) is 0.491. The molecule has 22 heavy (non-hydrogen) atoms. The summed E-state index contributed by atoms with van der Waals surface area (Å²) in [5.74, 6) is -0.468. The maximum Gasteiger partial charge on any atom is 0.262 e. The predicted octanol–water partition coefficient (Wildman–Crippen LogP) is 3.38. The molecule has 0 saturated heterocycles. The van der Waals surface area contributed by atoms with Gasteiger partial charge in [-0.25, -0.2) is 4.98 Å². The van der Waals surface area contributed by atoms with Crippen LogP contribution in [0.1, 0.15) is 17.3 Å². The lowest BCUT2D eigenvalue weighted by Crippen LogP contribution is -2.23. The van der Waals surface area contributed by atoms with Gasteiger partial charge in [0.25, 0.3) is 5.91 Å². The lowest BCUT2D eigenvalue weighted by Gasteiger charge is -2.11. The second-order valence-corrected chi connectivity index (χ2v) is 5.94. The van der Waals surface area contributed by atoms with Crippen LogP contribution in [0.4, 0.5) is 5.13 Å². The molecule has 0 spiro atoms. The van der Waals surface area contributed by atoms with E-state index in [2.05, 4.69) is 10.3 Å². The van der Waals surface area contributed by atoms with Gasteiger partial charge in [0.2, 0.25) is 5.43 Å². The van der Waals surface area contributed by atoms with Crippen LogP contribution in [0.2, 0.25) is 5.02 Å². The van der Waals surface area contributed by atoms with Gasteiger partial charge in [0, 0.05) is 34.7 Å². The number of halogens is 1. The van der Waals surface area contributed by atoms with Gasteiger partial charge in [0.05, 0.1) is 5.52 Å². The quantitative estimate of drug-likeness (QED) is 0.799. The van der Waals surface area contributed by atoms with Crippen molar-refractivity contribution in [2.45, 2.75) is 13.5 Å². The van der Waals surface area contributed by atoms with Gasteiger partial charge in [0.15, 0.2) is 5.13 Å². The van der Waals surface area contributed by atoms with Crippen molar-refractivity contribution in [3.8, 4) is 0 Å². The number of carbonyl (C=O) groups is 1. The second-order valence-electron chi connectivity index (χ2n) is 4.61. The molecule has 3 rings (SSSR count). The minimum Gasteiger partial charge on any atom is -0.347 e. The first kappa shape index (κ1) is 14.7. The standard InChI is InChI=1S/C15H12ClN3O2S/c1-2-19-8-11(14(21)18-15-17-5-6-22-15)13(20)10-7-9(16)3-4-12(10)19/h3-8H,2H2,1H3,(H,17,18,21). The van der Waals surface area contributed by atoms with Crippen molar-refractivity contribution >= 4 is 44.9 Å². The summed E-state index contributed by atoms with van der Waals surface area (Å²) in [5, 5.41) is 5.73. The molecule has 0 saturated carbocycles. The molecule has 0 radical (unpaired) electrons. The molecule has 0 aliphatic carbocycles. The number of hydrogen-bond donors (Lipinski definition) is 1. The van der Waals surface area contributed by atoms with E-state index in [4.69, 9.17) is 11.6 Å². The van der Waals surface area contributed by atoms with Crippen molar-refractivity contribution in [2.24, 2.45) is 0 Å². The molecule has 0 aliphatic rings. The Morgan fingerprint density at radius 3 is 2.95 bits per heavy atom. The van der Waals surface area contributed by atoms with Gasteiger partial charge in [-0.05, 0) is 25.1 Å². The van der Waals surface area contributed by atoms with Crippen LogP contribution >= 0.6 is 22.9 Å². The number of anilines is 1. The summed E-state index contributed by atoms with van der Waals surface area (Å²) in [6.45, 7) is 2.58. The first-order valence-corrected chi connectivity index (χ1v) is 7.89. The van der Waals surface area contributed by atoms with Crippen molar-refractivity contribution < 1.29 is 4.79 Å². The number of aromatic nitrogens is 2. The molecule has 0 bridgehead atoms. The number of fused-ring (bicyclic) bond motifs is 1. The lowest BCUT2D eigenvalue weighted by atomic mass is 10.1. The first-order chi connectivity index (χ1) is 10.6. The third-order valence-electron chi connectivity index (χ3n) is 3.28. The Morgan fingerprint density at radius 2 is 2.27 bits per heavy atom. The topological polar surface area (TPSA) is 64.0 Å². The van der Waals surface area contributed by atoms with E-state index in [9.17, 15) is 9.59 Å². The molecule has 0 unspecified atom stereocenters. The highest BCUT2D eigenvalue weighted by Gasteiger charge is 2.16. The van der Waals surface area contributed by atoms with Gasteiger partial charge in [-0.15, -0.1) is 11.3 Å². The largest absolute Gasteiger partial charge is 0.347 e. The van der Waals surface area contributed by atoms with E-state index in [1.54, 1.807) is 36.0 Å². The van der Waals surface area contributed by atoms with E-state index >= 15 is 0 Å². The number of amides is 1. The number of carbonyl (C=O) groups excluding carboxylic acids is 1. The van der Waals surface area contributed by atoms with Crippen LogP contribution in [0, 0.1) is 0 Å². The van der Waals surface area contributed by atoms with E-state index in [-0.39, 0.29) is 11.0 Å². The van der Waals surface area contributed by atoms with Crippen LogP contribution in [0.5, 0.6) is 0 Å². The van der Waals surface area contributed by atoms with Crippen molar-refractivity contribution in [3.05, 3.63) is 56.8 Å². The smallest absolute Gasteiger partial charge is 0.262 e. The summed E-state index contributed by atoms with van der Waals surface area (Å²) < 4.78 is 1.85. The van der Waals surface area contributed by atoms with Gasteiger partial charge in [-0.2, -0.15) is 0 Å². The van der Waals surface area contributed by atoms with Crippen LogP contribution in [0.15, 0.2) is 40.8 Å². The van der Waals surface area contributed by atoms with E-state index in [1.807, 2.05) is 11.5 Å². The SMILES string of the molecule is CCn1cc(C(=O)Nc2nccs2)c(=O)c2cc(Cl)ccc21. The Hall–Kier alpha value is -2.18. The van der Waals surface area contributed by atoms with E-state index < -0.39 is 5.91 Å². The van der Waals surface area contributed by atoms with Crippen LogP contribution in [-0.2, 0) is 6.54 Å². The average Bonchev–Trinajstić information content (AvgIpc) is 3.01. The first-order valence-electron chi connectivity index (χ1n) is 6.63. The normalized spacial score (nSPS) is 10.8. The number of hydrogen-bond acceptors (Lipinski definition) is 4. The maximum atomic E-state index is 12.6. The third-order valence-corrected chi connectivity index (χ3v) is 4.20. The molecule has 7 heteroatoms. The van der Waals surface area contributed by atoms with Crippen molar-refractivity contribution in [1.82, 2.24) is 9.55 Å². The molecule has 0 fully saturated rings. The van der Waals surface area contributed by atoms with Crippen LogP contribution in [0.25, 0.3) is 10.9 Å². The fourth-order valence-corrected chi connectivity index (χ4v) is 2.94. The Labute approximate surface area is 135 Å². The zero-order valence-electron chi connectivity index (χ0n) is 11.7. The molecule has 0 aliphatic heterocycles. The van der Waals surface area contributed by atoms with Crippen molar-refractivity contribution in [3.63, 3.8) is 0 Å². The van der Waals surface area contributed by atoms with Crippen LogP contribution in [0.3, 0.4) is 0 Å². The number of nitrogens with one attached hydrogen (secondary N) is 1. The number of nitrogens with zero attached hydrogens (tertiary/aromatic N) is 2. The van der Waals surface area contributed by atoms with Gasteiger partial charge < -0.3 is 4.57 Å². The van der Waals surface area contributed by atoms with Gasteiger partial charge in [-0.3, -0.25) is 14.9 Å². The molecule has 1 amide bonds. The van der Waals surface area contributed by atoms with Crippen molar-refractivity contribution in [2.75, 3.05) is 5.32 Å². The third kappa shape index (κ3) is 2.63. The summed E-state index contributed by atoms with van der Waals surface area (Å²) >= 11 is 7.27. The monoisotopic (exact) mass is 333 g/mol.